The Kier molecular flexibility index (Phi) is 3.51. The van der Waals surface area contributed by atoms with Crippen molar-refractivity contribution in [1.29, 1.82) is 0 Å². The van der Waals surface area contributed by atoms with Gasteiger partial charge in [0, 0.05) is 17.0 Å². The van der Waals surface area contributed by atoms with E-state index in [0.29, 0.717) is 23.8 Å². The maximum atomic E-state index is 13.0. The molecule has 2 aromatic carbocycles. The van der Waals surface area contributed by atoms with Crippen LogP contribution in [-0.2, 0) is 16.4 Å². The third kappa shape index (κ3) is 2.36. The number of benzene rings is 2. The van der Waals surface area contributed by atoms with E-state index in [4.69, 9.17) is 11.6 Å². The number of halogens is 1. The normalized spacial score (nSPS) is 14.2. The molecule has 3 aromatic rings. The predicted octanol–water partition coefficient (Wildman–Crippen LogP) is 3.95. The van der Waals surface area contributed by atoms with Crippen LogP contribution in [0.3, 0.4) is 0 Å². The minimum Gasteiger partial charge on any atom is -0.249 e. The summed E-state index contributed by atoms with van der Waals surface area (Å²) in [5, 5.41) is 1.55. The van der Waals surface area contributed by atoms with Crippen molar-refractivity contribution in [2.45, 2.75) is 18.2 Å². The summed E-state index contributed by atoms with van der Waals surface area (Å²) in [6.07, 6.45) is 0.666. The maximum Gasteiger partial charge on any atom is 0.265 e. The Morgan fingerprint density at radius 3 is 2.62 bits per heavy atom. The molecule has 0 bridgehead atoms. The van der Waals surface area contributed by atoms with E-state index in [1.54, 1.807) is 12.1 Å². The van der Waals surface area contributed by atoms with Gasteiger partial charge in [-0.3, -0.25) is 0 Å². The molecule has 4 nitrogen and oxygen atoms in total. The molecule has 2 heterocycles. The standard InChI is InChI=1S/C18H15ClN2O2S/c1-12-3-2-4-13-11-14-9-10-21(18(14)20-17(12)13)24(22,23)16-7-5-15(19)6-8-16/h2-8,11H,9-10H2,1H3. The lowest BCUT2D eigenvalue weighted by atomic mass is 10.1. The van der Waals surface area contributed by atoms with Crippen LogP contribution in [0.25, 0.3) is 10.9 Å². The number of nitrogens with zero attached hydrogens (tertiary/aromatic N) is 2. The fourth-order valence-electron chi connectivity index (χ4n) is 3.08. The van der Waals surface area contributed by atoms with E-state index in [1.807, 2.05) is 31.2 Å². The van der Waals surface area contributed by atoms with E-state index >= 15 is 0 Å². The molecule has 0 aliphatic carbocycles. The highest BCUT2D eigenvalue weighted by Gasteiger charge is 2.32. The van der Waals surface area contributed by atoms with Crippen molar-refractivity contribution in [2.75, 3.05) is 10.8 Å². The number of aromatic nitrogens is 1. The summed E-state index contributed by atoms with van der Waals surface area (Å²) in [4.78, 5) is 4.89. The number of fused-ring (bicyclic) bond motifs is 2. The molecular formula is C18H15ClN2O2S. The second-order valence-electron chi connectivity index (χ2n) is 5.90. The van der Waals surface area contributed by atoms with E-state index in [-0.39, 0.29) is 4.90 Å². The van der Waals surface area contributed by atoms with Crippen molar-refractivity contribution in [3.8, 4) is 0 Å². The molecule has 0 fully saturated rings. The van der Waals surface area contributed by atoms with Gasteiger partial charge in [0.05, 0.1) is 10.4 Å². The van der Waals surface area contributed by atoms with Crippen molar-refractivity contribution in [2.24, 2.45) is 0 Å². The van der Waals surface area contributed by atoms with Crippen molar-refractivity contribution in [3.63, 3.8) is 0 Å². The van der Waals surface area contributed by atoms with Crippen LogP contribution < -0.4 is 4.31 Å². The van der Waals surface area contributed by atoms with E-state index in [1.165, 1.54) is 16.4 Å². The molecular weight excluding hydrogens is 344 g/mol. The van der Waals surface area contributed by atoms with Gasteiger partial charge in [-0.15, -0.1) is 0 Å². The van der Waals surface area contributed by atoms with Gasteiger partial charge < -0.3 is 0 Å². The van der Waals surface area contributed by atoms with Crippen LogP contribution in [0.5, 0.6) is 0 Å². The Morgan fingerprint density at radius 1 is 1.12 bits per heavy atom. The third-order valence-corrected chi connectivity index (χ3v) is 6.38. The van der Waals surface area contributed by atoms with E-state index in [0.717, 1.165) is 22.0 Å². The minimum absolute atomic E-state index is 0.228. The van der Waals surface area contributed by atoms with Crippen molar-refractivity contribution in [3.05, 3.63) is 64.7 Å². The molecule has 4 rings (SSSR count). The average Bonchev–Trinajstić information content (AvgIpc) is 2.97. The number of sulfonamides is 1. The molecule has 0 unspecified atom stereocenters. The largest absolute Gasteiger partial charge is 0.265 e. The van der Waals surface area contributed by atoms with Gasteiger partial charge in [0.1, 0.15) is 5.82 Å². The van der Waals surface area contributed by atoms with Crippen molar-refractivity contribution >= 4 is 38.3 Å². The van der Waals surface area contributed by atoms with Gasteiger partial charge >= 0.3 is 0 Å². The summed E-state index contributed by atoms with van der Waals surface area (Å²) >= 11 is 5.86. The topological polar surface area (TPSA) is 50.3 Å². The first-order valence-corrected chi connectivity index (χ1v) is 9.46. The van der Waals surface area contributed by atoms with Crippen LogP contribution in [0.15, 0.2) is 53.4 Å². The summed E-state index contributed by atoms with van der Waals surface area (Å²) in [7, 11) is -3.64. The predicted molar refractivity (Wildman–Crippen MR) is 96.2 cm³/mol. The molecule has 1 aromatic heterocycles. The van der Waals surface area contributed by atoms with E-state index in [9.17, 15) is 8.42 Å². The molecule has 1 aliphatic heterocycles. The molecule has 0 radical (unpaired) electrons. The van der Waals surface area contributed by atoms with Crippen LogP contribution in [0, 0.1) is 6.92 Å². The number of pyridine rings is 1. The number of hydrogen-bond donors (Lipinski definition) is 0. The first-order valence-electron chi connectivity index (χ1n) is 7.64. The molecule has 122 valence electrons. The Bertz CT molecular complexity index is 1050. The molecule has 24 heavy (non-hydrogen) atoms. The monoisotopic (exact) mass is 358 g/mol. The van der Waals surface area contributed by atoms with E-state index < -0.39 is 10.0 Å². The SMILES string of the molecule is Cc1cccc2cc3c(nc12)N(S(=O)(=O)c1ccc(Cl)cc1)CC3. The fraction of sp³-hybridized carbons (Fsp3) is 0.167. The fourth-order valence-corrected chi connectivity index (χ4v) is 4.65. The second kappa shape index (κ2) is 5.46. The zero-order chi connectivity index (χ0) is 16.9. The Balaban J connectivity index is 1.86. The maximum absolute atomic E-state index is 13.0. The minimum atomic E-state index is -3.64. The molecule has 0 saturated heterocycles. The van der Waals surface area contributed by atoms with Crippen LogP contribution in [-0.4, -0.2) is 19.9 Å². The van der Waals surface area contributed by atoms with Crippen molar-refractivity contribution in [1.82, 2.24) is 4.98 Å². The smallest absolute Gasteiger partial charge is 0.249 e. The zero-order valence-corrected chi connectivity index (χ0v) is 14.6. The van der Waals surface area contributed by atoms with Gasteiger partial charge in [0.15, 0.2) is 0 Å². The molecule has 0 spiro atoms. The second-order valence-corrected chi connectivity index (χ2v) is 8.20. The number of rotatable bonds is 2. The lowest BCUT2D eigenvalue weighted by Gasteiger charge is -2.19. The zero-order valence-electron chi connectivity index (χ0n) is 13.0. The van der Waals surface area contributed by atoms with Gasteiger partial charge in [0.2, 0.25) is 0 Å². The average molecular weight is 359 g/mol. The first-order chi connectivity index (χ1) is 11.5. The molecule has 0 N–H and O–H groups in total. The van der Waals surface area contributed by atoms with Crippen LogP contribution in [0.1, 0.15) is 11.1 Å². The Labute approximate surface area is 145 Å². The lowest BCUT2D eigenvalue weighted by molar-refractivity contribution is 0.592. The molecule has 0 atom stereocenters. The van der Waals surface area contributed by atoms with Gasteiger partial charge in [-0.05, 0) is 54.8 Å². The van der Waals surface area contributed by atoms with Crippen LogP contribution in [0.4, 0.5) is 5.82 Å². The molecule has 1 aliphatic rings. The van der Waals surface area contributed by atoms with E-state index in [2.05, 4.69) is 4.98 Å². The highest BCUT2D eigenvalue weighted by atomic mass is 35.5. The highest BCUT2D eigenvalue weighted by Crippen LogP contribution is 2.34. The Morgan fingerprint density at radius 2 is 1.88 bits per heavy atom. The van der Waals surface area contributed by atoms with Crippen molar-refractivity contribution < 1.29 is 8.42 Å². The van der Waals surface area contributed by atoms with Gasteiger partial charge in [-0.2, -0.15) is 0 Å². The Hall–Kier alpha value is -2.11. The van der Waals surface area contributed by atoms with Crippen LogP contribution >= 0.6 is 11.6 Å². The molecule has 6 heteroatoms. The number of anilines is 1. The summed E-state index contributed by atoms with van der Waals surface area (Å²) in [5.74, 6) is 0.534. The molecule has 0 saturated carbocycles. The lowest BCUT2D eigenvalue weighted by Crippen LogP contribution is -2.29. The van der Waals surface area contributed by atoms with Crippen LogP contribution in [0.2, 0.25) is 5.02 Å². The summed E-state index contributed by atoms with van der Waals surface area (Å²) in [6.45, 7) is 2.39. The molecule has 0 amide bonds. The summed E-state index contributed by atoms with van der Waals surface area (Å²) in [6, 6.07) is 14.3. The number of hydrogen-bond acceptors (Lipinski definition) is 3. The third-order valence-electron chi connectivity index (χ3n) is 4.33. The van der Waals surface area contributed by atoms with Gasteiger partial charge in [-0.1, -0.05) is 29.8 Å². The summed E-state index contributed by atoms with van der Waals surface area (Å²) in [5.41, 5.74) is 2.84. The first kappa shape index (κ1) is 15.4. The number of para-hydroxylation sites is 1. The van der Waals surface area contributed by atoms with Gasteiger partial charge in [0.25, 0.3) is 10.0 Å². The van der Waals surface area contributed by atoms with Gasteiger partial charge in [-0.25, -0.2) is 17.7 Å². The summed E-state index contributed by atoms with van der Waals surface area (Å²) < 4.78 is 27.3. The quantitative estimate of drug-likeness (QED) is 0.697. The number of aryl methyl sites for hydroxylation is 1. The highest BCUT2D eigenvalue weighted by molar-refractivity contribution is 7.92.